The number of anilines is 1. The molecule has 1 fully saturated rings. The molecule has 1 N–H and O–H groups in total. The molecule has 1 aromatic carbocycles. The second kappa shape index (κ2) is 7.97. The Morgan fingerprint density at radius 2 is 1.79 bits per heavy atom. The van der Waals surface area contributed by atoms with Gasteiger partial charge in [-0.05, 0) is 36.6 Å². The molecule has 1 saturated heterocycles. The number of piperidine rings is 1. The number of hydrogen-bond donors (Lipinski definition) is 1. The minimum atomic E-state index is 0.512. The highest BCUT2D eigenvalue weighted by atomic mass is 16.5. The van der Waals surface area contributed by atoms with Crippen LogP contribution >= 0.6 is 0 Å². The van der Waals surface area contributed by atoms with Crippen molar-refractivity contribution >= 4 is 5.95 Å². The van der Waals surface area contributed by atoms with Gasteiger partial charge in [-0.25, -0.2) is 9.97 Å². The van der Waals surface area contributed by atoms with Gasteiger partial charge < -0.3 is 19.7 Å². The Kier molecular flexibility index (Phi) is 5.48. The molecule has 0 spiro atoms. The molecule has 1 aliphatic heterocycles. The van der Waals surface area contributed by atoms with E-state index in [1.807, 2.05) is 18.2 Å². The quantitative estimate of drug-likeness (QED) is 0.878. The van der Waals surface area contributed by atoms with E-state index in [1.165, 1.54) is 5.56 Å². The van der Waals surface area contributed by atoms with Gasteiger partial charge in [-0.15, -0.1) is 0 Å². The van der Waals surface area contributed by atoms with Crippen molar-refractivity contribution in [2.24, 2.45) is 0 Å². The molecule has 0 radical (unpaired) electrons. The van der Waals surface area contributed by atoms with Crippen LogP contribution in [0.5, 0.6) is 11.5 Å². The molecule has 2 aromatic rings. The third-order valence-corrected chi connectivity index (χ3v) is 4.37. The van der Waals surface area contributed by atoms with Crippen molar-refractivity contribution in [3.8, 4) is 11.5 Å². The molecule has 6 heteroatoms. The lowest BCUT2D eigenvalue weighted by atomic mass is 10.0. The van der Waals surface area contributed by atoms with E-state index in [2.05, 4.69) is 26.3 Å². The monoisotopic (exact) mass is 328 g/mol. The summed E-state index contributed by atoms with van der Waals surface area (Å²) in [5.74, 6) is 2.36. The molecule has 3 rings (SSSR count). The topological polar surface area (TPSA) is 59.5 Å². The van der Waals surface area contributed by atoms with Crippen molar-refractivity contribution in [1.29, 1.82) is 0 Å². The summed E-state index contributed by atoms with van der Waals surface area (Å²) in [6.45, 7) is 2.79. The molecule has 1 aromatic heterocycles. The summed E-state index contributed by atoms with van der Waals surface area (Å²) >= 11 is 0. The smallest absolute Gasteiger partial charge is 0.225 e. The van der Waals surface area contributed by atoms with Gasteiger partial charge in [0.1, 0.15) is 0 Å². The first kappa shape index (κ1) is 16.5. The van der Waals surface area contributed by atoms with E-state index in [-0.39, 0.29) is 0 Å². The van der Waals surface area contributed by atoms with E-state index in [9.17, 15) is 0 Å². The van der Waals surface area contributed by atoms with Crippen molar-refractivity contribution in [3.63, 3.8) is 0 Å². The first-order valence-corrected chi connectivity index (χ1v) is 8.26. The van der Waals surface area contributed by atoms with E-state index >= 15 is 0 Å². The van der Waals surface area contributed by atoms with Crippen LogP contribution in [0.15, 0.2) is 36.7 Å². The summed E-state index contributed by atoms with van der Waals surface area (Å²) < 4.78 is 10.6. The third kappa shape index (κ3) is 3.94. The third-order valence-electron chi connectivity index (χ3n) is 4.37. The Morgan fingerprint density at radius 3 is 2.46 bits per heavy atom. The van der Waals surface area contributed by atoms with E-state index < -0.39 is 0 Å². The summed E-state index contributed by atoms with van der Waals surface area (Å²) in [7, 11) is 3.32. The largest absolute Gasteiger partial charge is 0.493 e. The lowest BCUT2D eigenvalue weighted by molar-refractivity contribution is 0.354. The maximum absolute atomic E-state index is 5.36. The zero-order chi connectivity index (χ0) is 16.8. The number of benzene rings is 1. The molecular weight excluding hydrogens is 304 g/mol. The fourth-order valence-electron chi connectivity index (χ4n) is 2.99. The number of methoxy groups -OCH3 is 2. The maximum atomic E-state index is 5.36. The van der Waals surface area contributed by atoms with Gasteiger partial charge in [-0.1, -0.05) is 6.07 Å². The molecule has 0 atom stereocenters. The number of nitrogens with zero attached hydrogens (tertiary/aromatic N) is 3. The van der Waals surface area contributed by atoms with Crippen LogP contribution in [0, 0.1) is 0 Å². The standard InChI is InChI=1S/C18H24N4O2/c1-23-16-5-4-14(12-17(16)24-2)13-21-15-6-10-22(11-7-15)18-19-8-3-9-20-18/h3-5,8-9,12,15,21H,6-7,10-11,13H2,1-2H3. The van der Waals surface area contributed by atoms with Crippen LogP contribution in [0.25, 0.3) is 0 Å². The minimum Gasteiger partial charge on any atom is -0.493 e. The van der Waals surface area contributed by atoms with Crippen LogP contribution in [0.4, 0.5) is 5.95 Å². The van der Waals surface area contributed by atoms with Crippen molar-refractivity contribution in [2.45, 2.75) is 25.4 Å². The second-order valence-corrected chi connectivity index (χ2v) is 5.88. The Morgan fingerprint density at radius 1 is 1.08 bits per heavy atom. The van der Waals surface area contributed by atoms with Gasteiger partial charge in [0.15, 0.2) is 11.5 Å². The first-order valence-electron chi connectivity index (χ1n) is 8.26. The fourth-order valence-corrected chi connectivity index (χ4v) is 2.99. The maximum Gasteiger partial charge on any atom is 0.225 e. The number of aromatic nitrogens is 2. The lowest BCUT2D eigenvalue weighted by Gasteiger charge is -2.32. The number of rotatable bonds is 6. The molecule has 0 amide bonds. The summed E-state index contributed by atoms with van der Waals surface area (Å²) in [5, 5.41) is 3.63. The van der Waals surface area contributed by atoms with Gasteiger partial charge in [0.25, 0.3) is 0 Å². The van der Waals surface area contributed by atoms with E-state index in [4.69, 9.17) is 9.47 Å². The van der Waals surface area contributed by atoms with Crippen LogP contribution in [-0.4, -0.2) is 43.3 Å². The van der Waals surface area contributed by atoms with Crippen LogP contribution in [0.3, 0.4) is 0 Å². The highest BCUT2D eigenvalue weighted by Gasteiger charge is 2.20. The average Bonchev–Trinajstić information content (AvgIpc) is 2.67. The van der Waals surface area contributed by atoms with Crippen LogP contribution in [0.1, 0.15) is 18.4 Å². The molecule has 2 heterocycles. The van der Waals surface area contributed by atoms with E-state index in [0.29, 0.717) is 6.04 Å². The Balaban J connectivity index is 1.50. The molecule has 0 aliphatic carbocycles. The average molecular weight is 328 g/mol. The molecule has 1 aliphatic rings. The summed E-state index contributed by atoms with van der Waals surface area (Å²) in [6, 6.07) is 8.41. The van der Waals surface area contributed by atoms with Crippen molar-refractivity contribution in [1.82, 2.24) is 15.3 Å². The van der Waals surface area contributed by atoms with Crippen molar-refractivity contribution in [3.05, 3.63) is 42.2 Å². The normalized spacial score (nSPS) is 15.3. The Hall–Kier alpha value is -2.34. The summed E-state index contributed by atoms with van der Waals surface area (Å²) in [4.78, 5) is 10.9. The molecule has 0 saturated carbocycles. The molecule has 128 valence electrons. The number of ether oxygens (including phenoxy) is 2. The second-order valence-electron chi connectivity index (χ2n) is 5.88. The minimum absolute atomic E-state index is 0.512. The fraction of sp³-hybridized carbons (Fsp3) is 0.444. The number of hydrogen-bond acceptors (Lipinski definition) is 6. The van der Waals surface area contributed by atoms with Crippen LogP contribution in [-0.2, 0) is 6.54 Å². The molecule has 6 nitrogen and oxygen atoms in total. The van der Waals surface area contributed by atoms with Crippen molar-refractivity contribution in [2.75, 3.05) is 32.2 Å². The number of nitrogens with one attached hydrogen (secondary N) is 1. The van der Waals surface area contributed by atoms with E-state index in [1.54, 1.807) is 26.6 Å². The lowest BCUT2D eigenvalue weighted by Crippen LogP contribution is -2.42. The van der Waals surface area contributed by atoms with Crippen molar-refractivity contribution < 1.29 is 9.47 Å². The van der Waals surface area contributed by atoms with Gasteiger partial charge >= 0.3 is 0 Å². The van der Waals surface area contributed by atoms with Gasteiger partial charge in [0, 0.05) is 38.1 Å². The molecule has 0 bridgehead atoms. The molecule has 24 heavy (non-hydrogen) atoms. The molecular formula is C18H24N4O2. The summed E-state index contributed by atoms with van der Waals surface area (Å²) in [6.07, 6.45) is 5.77. The predicted octanol–water partition coefficient (Wildman–Crippen LogP) is 2.25. The van der Waals surface area contributed by atoms with Crippen LogP contribution < -0.4 is 19.7 Å². The highest BCUT2D eigenvalue weighted by molar-refractivity contribution is 5.42. The Bertz CT molecular complexity index is 643. The zero-order valence-corrected chi connectivity index (χ0v) is 14.2. The van der Waals surface area contributed by atoms with Gasteiger partial charge in [-0.2, -0.15) is 0 Å². The molecule has 0 unspecified atom stereocenters. The van der Waals surface area contributed by atoms with Gasteiger partial charge in [0.2, 0.25) is 5.95 Å². The van der Waals surface area contributed by atoms with Gasteiger partial charge in [-0.3, -0.25) is 0 Å². The van der Waals surface area contributed by atoms with E-state index in [0.717, 1.165) is 49.9 Å². The zero-order valence-electron chi connectivity index (χ0n) is 14.2. The first-order chi connectivity index (χ1) is 11.8. The van der Waals surface area contributed by atoms with Crippen LogP contribution in [0.2, 0.25) is 0 Å². The Labute approximate surface area is 142 Å². The van der Waals surface area contributed by atoms with Gasteiger partial charge in [0.05, 0.1) is 14.2 Å². The predicted molar refractivity (Wildman–Crippen MR) is 93.7 cm³/mol. The summed E-state index contributed by atoms with van der Waals surface area (Å²) in [5.41, 5.74) is 1.20. The highest BCUT2D eigenvalue weighted by Crippen LogP contribution is 2.27. The SMILES string of the molecule is COc1ccc(CNC2CCN(c3ncccn3)CC2)cc1OC.